The van der Waals surface area contributed by atoms with Crippen LogP contribution in [0.2, 0.25) is 0 Å². The van der Waals surface area contributed by atoms with Crippen LogP contribution in [-0.4, -0.2) is 28.5 Å². The minimum Gasteiger partial charge on any atom is -0.472 e. The summed E-state index contributed by atoms with van der Waals surface area (Å²) in [7, 11) is 0. The van der Waals surface area contributed by atoms with Crippen molar-refractivity contribution in [2.24, 2.45) is 0 Å². The van der Waals surface area contributed by atoms with Gasteiger partial charge in [-0.25, -0.2) is 0 Å². The average Bonchev–Trinajstić information content (AvgIpc) is 2.45. The third kappa shape index (κ3) is 3.51. The Balaban J connectivity index is 2.26. The molecular weight excluding hydrogens is 266 g/mol. The molecule has 0 aromatic carbocycles. The highest BCUT2D eigenvalue weighted by Gasteiger charge is 2.27. The van der Waals surface area contributed by atoms with Crippen molar-refractivity contribution in [2.45, 2.75) is 71.7 Å². The SMILES string of the molecule is CCc1nnc(OC2CC(C)OC(C)C2)c(C#N)c1CC. The van der Waals surface area contributed by atoms with Crippen molar-refractivity contribution in [1.29, 1.82) is 5.26 Å². The Morgan fingerprint density at radius 1 is 1.19 bits per heavy atom. The van der Waals surface area contributed by atoms with Crippen molar-refractivity contribution >= 4 is 0 Å². The van der Waals surface area contributed by atoms with Gasteiger partial charge in [0.15, 0.2) is 0 Å². The summed E-state index contributed by atoms with van der Waals surface area (Å²) >= 11 is 0. The number of aromatic nitrogens is 2. The van der Waals surface area contributed by atoms with Gasteiger partial charge >= 0.3 is 0 Å². The molecule has 2 rings (SSSR count). The Bertz CT molecular complexity index is 529. The van der Waals surface area contributed by atoms with E-state index in [1.807, 2.05) is 27.7 Å². The van der Waals surface area contributed by atoms with Crippen LogP contribution >= 0.6 is 0 Å². The van der Waals surface area contributed by atoms with Crippen molar-refractivity contribution in [3.05, 3.63) is 16.8 Å². The van der Waals surface area contributed by atoms with E-state index in [9.17, 15) is 5.26 Å². The standard InChI is InChI=1S/C16H23N3O2/c1-5-13-14(9-17)16(19-18-15(13)6-2)21-12-7-10(3)20-11(4)8-12/h10-12H,5-8H2,1-4H3. The Labute approximate surface area is 126 Å². The highest BCUT2D eigenvalue weighted by Crippen LogP contribution is 2.27. The minimum absolute atomic E-state index is 0.0299. The van der Waals surface area contributed by atoms with Crippen molar-refractivity contribution in [3.8, 4) is 11.9 Å². The first-order valence-corrected chi connectivity index (χ1v) is 7.69. The maximum absolute atomic E-state index is 9.46. The van der Waals surface area contributed by atoms with E-state index in [2.05, 4.69) is 16.3 Å². The van der Waals surface area contributed by atoms with E-state index in [1.165, 1.54) is 0 Å². The monoisotopic (exact) mass is 289 g/mol. The first kappa shape index (κ1) is 15.7. The van der Waals surface area contributed by atoms with Crippen molar-refractivity contribution in [3.63, 3.8) is 0 Å². The molecule has 0 N–H and O–H groups in total. The lowest BCUT2D eigenvalue weighted by molar-refractivity contribution is -0.0732. The maximum Gasteiger partial charge on any atom is 0.252 e. The number of ether oxygens (including phenoxy) is 2. The van der Waals surface area contributed by atoms with Gasteiger partial charge in [0.2, 0.25) is 0 Å². The molecule has 1 aliphatic rings. The Morgan fingerprint density at radius 3 is 2.38 bits per heavy atom. The smallest absolute Gasteiger partial charge is 0.252 e. The Kier molecular flexibility index (Phi) is 5.13. The molecular formula is C16H23N3O2. The molecule has 0 saturated carbocycles. The molecule has 2 unspecified atom stereocenters. The van der Waals surface area contributed by atoms with E-state index < -0.39 is 0 Å². The van der Waals surface area contributed by atoms with E-state index in [0.717, 1.165) is 36.9 Å². The number of hydrogen-bond acceptors (Lipinski definition) is 5. The van der Waals surface area contributed by atoms with Gasteiger partial charge in [0.25, 0.3) is 5.88 Å². The number of hydrogen-bond donors (Lipinski definition) is 0. The van der Waals surface area contributed by atoms with Crippen LogP contribution in [0, 0.1) is 11.3 Å². The number of nitrogens with zero attached hydrogens (tertiary/aromatic N) is 3. The molecule has 0 amide bonds. The van der Waals surface area contributed by atoms with Crippen molar-refractivity contribution in [2.75, 3.05) is 0 Å². The number of nitriles is 1. The molecule has 2 atom stereocenters. The lowest BCUT2D eigenvalue weighted by Gasteiger charge is -2.32. The maximum atomic E-state index is 9.46. The molecule has 0 radical (unpaired) electrons. The Hall–Kier alpha value is -1.67. The van der Waals surface area contributed by atoms with Crippen LogP contribution in [0.25, 0.3) is 0 Å². The van der Waals surface area contributed by atoms with Crippen LogP contribution in [0.3, 0.4) is 0 Å². The number of aryl methyl sites for hydroxylation is 1. The fourth-order valence-electron chi connectivity index (χ4n) is 2.95. The van der Waals surface area contributed by atoms with Crippen LogP contribution in [0.1, 0.15) is 57.4 Å². The zero-order chi connectivity index (χ0) is 15.4. The molecule has 0 aliphatic carbocycles. The average molecular weight is 289 g/mol. The topological polar surface area (TPSA) is 68.0 Å². The Morgan fingerprint density at radius 2 is 1.86 bits per heavy atom. The third-order valence-electron chi connectivity index (χ3n) is 3.86. The van der Waals surface area contributed by atoms with Crippen LogP contribution in [0.4, 0.5) is 0 Å². The highest BCUT2D eigenvalue weighted by atomic mass is 16.5. The van der Waals surface area contributed by atoms with Gasteiger partial charge in [-0.15, -0.1) is 5.10 Å². The zero-order valence-corrected chi connectivity index (χ0v) is 13.2. The zero-order valence-electron chi connectivity index (χ0n) is 13.2. The second-order valence-electron chi connectivity index (χ2n) is 5.59. The summed E-state index contributed by atoms with van der Waals surface area (Å²) in [5, 5.41) is 17.8. The summed E-state index contributed by atoms with van der Waals surface area (Å²) in [6.07, 6.45) is 3.52. The third-order valence-corrected chi connectivity index (χ3v) is 3.86. The predicted octanol–water partition coefficient (Wildman–Crippen LogP) is 2.81. The summed E-state index contributed by atoms with van der Waals surface area (Å²) < 4.78 is 11.7. The van der Waals surface area contributed by atoms with Gasteiger partial charge in [-0.3, -0.25) is 0 Å². The first-order valence-electron chi connectivity index (χ1n) is 7.69. The van der Waals surface area contributed by atoms with Gasteiger partial charge in [0.1, 0.15) is 17.7 Å². The number of rotatable bonds is 4. The molecule has 5 heteroatoms. The van der Waals surface area contributed by atoms with E-state index in [0.29, 0.717) is 11.4 Å². The molecule has 1 saturated heterocycles. The predicted molar refractivity (Wildman–Crippen MR) is 79.2 cm³/mol. The van der Waals surface area contributed by atoms with Crippen molar-refractivity contribution < 1.29 is 9.47 Å². The fourth-order valence-corrected chi connectivity index (χ4v) is 2.95. The molecule has 0 spiro atoms. The summed E-state index contributed by atoms with van der Waals surface area (Å²) in [5.74, 6) is 0.373. The van der Waals surface area contributed by atoms with E-state index in [-0.39, 0.29) is 18.3 Å². The van der Waals surface area contributed by atoms with Gasteiger partial charge in [0, 0.05) is 12.8 Å². The lowest BCUT2D eigenvalue weighted by atomic mass is 10.0. The van der Waals surface area contributed by atoms with Gasteiger partial charge in [-0.1, -0.05) is 13.8 Å². The van der Waals surface area contributed by atoms with E-state index in [1.54, 1.807) is 0 Å². The molecule has 21 heavy (non-hydrogen) atoms. The molecule has 0 bridgehead atoms. The summed E-state index contributed by atoms with van der Waals surface area (Å²) in [6, 6.07) is 2.24. The molecule has 5 nitrogen and oxygen atoms in total. The molecule has 1 aliphatic heterocycles. The van der Waals surface area contributed by atoms with Gasteiger partial charge in [-0.05, 0) is 32.3 Å². The summed E-state index contributed by atoms with van der Waals surface area (Å²) in [4.78, 5) is 0. The quantitative estimate of drug-likeness (QED) is 0.852. The summed E-state index contributed by atoms with van der Waals surface area (Å²) in [6.45, 7) is 8.13. The van der Waals surface area contributed by atoms with E-state index >= 15 is 0 Å². The van der Waals surface area contributed by atoms with Crippen LogP contribution < -0.4 is 4.74 Å². The molecule has 2 heterocycles. The normalized spacial score (nSPS) is 25.4. The molecule has 1 aromatic rings. The van der Waals surface area contributed by atoms with Crippen molar-refractivity contribution in [1.82, 2.24) is 10.2 Å². The van der Waals surface area contributed by atoms with Crippen LogP contribution in [-0.2, 0) is 17.6 Å². The highest BCUT2D eigenvalue weighted by molar-refractivity contribution is 5.46. The molecule has 1 aromatic heterocycles. The van der Waals surface area contributed by atoms with Gasteiger partial charge < -0.3 is 9.47 Å². The van der Waals surface area contributed by atoms with E-state index in [4.69, 9.17) is 9.47 Å². The first-order chi connectivity index (χ1) is 10.1. The van der Waals surface area contributed by atoms with Gasteiger partial charge in [-0.2, -0.15) is 10.4 Å². The van der Waals surface area contributed by atoms with Gasteiger partial charge in [0.05, 0.1) is 17.9 Å². The fraction of sp³-hybridized carbons (Fsp3) is 0.688. The second-order valence-corrected chi connectivity index (χ2v) is 5.59. The molecule has 114 valence electrons. The lowest BCUT2D eigenvalue weighted by Crippen LogP contribution is -2.36. The minimum atomic E-state index is 0.0299. The van der Waals surface area contributed by atoms with Crippen LogP contribution in [0.5, 0.6) is 5.88 Å². The second kappa shape index (κ2) is 6.86. The summed E-state index contributed by atoms with van der Waals surface area (Å²) in [5.41, 5.74) is 2.38. The largest absolute Gasteiger partial charge is 0.472 e. The molecule has 1 fully saturated rings. The van der Waals surface area contributed by atoms with Crippen LogP contribution in [0.15, 0.2) is 0 Å².